The van der Waals surface area contributed by atoms with Crippen molar-refractivity contribution in [3.8, 4) is 17.0 Å². The second kappa shape index (κ2) is 3.69. The summed E-state index contributed by atoms with van der Waals surface area (Å²) in [7, 11) is 0. The van der Waals surface area contributed by atoms with Gasteiger partial charge in [0.05, 0.1) is 0 Å². The molecule has 0 saturated heterocycles. The highest BCUT2D eigenvalue weighted by Crippen LogP contribution is 2.26. The molecule has 82 valence electrons. The van der Waals surface area contributed by atoms with Crippen LogP contribution in [0.25, 0.3) is 11.1 Å². The number of aromatic amines is 1. The molecule has 5 heteroatoms. The molecular formula is C11H11N3O2. The van der Waals surface area contributed by atoms with Crippen LogP contribution >= 0.6 is 0 Å². The number of benzene rings is 1. The fourth-order valence-electron chi connectivity index (χ4n) is 1.57. The number of hydrogen-bond donors (Lipinski definition) is 3. The van der Waals surface area contributed by atoms with Crippen LogP contribution < -0.4 is 11.3 Å². The molecular weight excluding hydrogens is 206 g/mol. The standard InChI is InChI=1S/C11H11N3O2/c1-6-4-2-3-5-7(6)8-9(15)13-11(12)14-10(8)16/h2-5H,1H3,(H4,12,13,14,15,16). The molecule has 0 bridgehead atoms. The van der Waals surface area contributed by atoms with Gasteiger partial charge in [0, 0.05) is 0 Å². The number of rotatable bonds is 1. The number of aryl methyl sites for hydroxylation is 1. The number of aromatic hydroxyl groups is 1. The maximum Gasteiger partial charge on any atom is 0.264 e. The lowest BCUT2D eigenvalue weighted by Gasteiger charge is -2.06. The number of nitrogens with one attached hydrogen (secondary N) is 1. The zero-order valence-corrected chi connectivity index (χ0v) is 8.69. The monoisotopic (exact) mass is 217 g/mol. The molecule has 1 aromatic carbocycles. The van der Waals surface area contributed by atoms with Gasteiger partial charge in [-0.05, 0) is 18.1 Å². The molecule has 4 N–H and O–H groups in total. The topological polar surface area (TPSA) is 92.0 Å². The summed E-state index contributed by atoms with van der Waals surface area (Å²) in [6, 6.07) is 7.24. The van der Waals surface area contributed by atoms with Crippen molar-refractivity contribution < 1.29 is 5.11 Å². The minimum Gasteiger partial charge on any atom is -0.493 e. The van der Waals surface area contributed by atoms with Crippen molar-refractivity contribution in [2.75, 3.05) is 5.73 Å². The smallest absolute Gasteiger partial charge is 0.264 e. The van der Waals surface area contributed by atoms with Crippen molar-refractivity contribution in [2.24, 2.45) is 0 Å². The molecule has 0 aliphatic rings. The highest BCUT2D eigenvalue weighted by Gasteiger charge is 2.13. The Balaban J connectivity index is 2.75. The second-order valence-corrected chi connectivity index (χ2v) is 3.46. The average molecular weight is 217 g/mol. The highest BCUT2D eigenvalue weighted by molar-refractivity contribution is 5.70. The van der Waals surface area contributed by atoms with E-state index in [0.29, 0.717) is 5.56 Å². The van der Waals surface area contributed by atoms with Gasteiger partial charge in [-0.3, -0.25) is 9.78 Å². The van der Waals surface area contributed by atoms with E-state index in [1.54, 1.807) is 12.1 Å². The van der Waals surface area contributed by atoms with E-state index in [-0.39, 0.29) is 17.4 Å². The summed E-state index contributed by atoms with van der Waals surface area (Å²) in [5, 5.41) is 9.64. The lowest BCUT2D eigenvalue weighted by molar-refractivity contribution is 0.454. The summed E-state index contributed by atoms with van der Waals surface area (Å²) >= 11 is 0. The second-order valence-electron chi connectivity index (χ2n) is 3.46. The average Bonchev–Trinajstić information content (AvgIpc) is 2.19. The van der Waals surface area contributed by atoms with E-state index >= 15 is 0 Å². The molecule has 1 heterocycles. The van der Waals surface area contributed by atoms with E-state index in [4.69, 9.17) is 5.73 Å². The molecule has 0 radical (unpaired) electrons. The zero-order valence-electron chi connectivity index (χ0n) is 8.69. The van der Waals surface area contributed by atoms with Crippen LogP contribution in [0.1, 0.15) is 5.56 Å². The number of nitrogens with zero attached hydrogens (tertiary/aromatic N) is 1. The Hall–Kier alpha value is -2.30. The third-order valence-corrected chi connectivity index (χ3v) is 2.33. The van der Waals surface area contributed by atoms with Crippen LogP contribution in [-0.4, -0.2) is 15.1 Å². The molecule has 0 saturated carbocycles. The summed E-state index contributed by atoms with van der Waals surface area (Å²) in [5.74, 6) is -0.449. The van der Waals surface area contributed by atoms with Gasteiger partial charge in [-0.25, -0.2) is 0 Å². The lowest BCUT2D eigenvalue weighted by Crippen LogP contribution is -2.13. The van der Waals surface area contributed by atoms with E-state index in [9.17, 15) is 9.90 Å². The number of aromatic nitrogens is 2. The number of hydrogen-bond acceptors (Lipinski definition) is 4. The Bertz CT molecular complexity index is 590. The Labute approximate surface area is 91.6 Å². The Morgan fingerprint density at radius 1 is 1.38 bits per heavy atom. The molecule has 16 heavy (non-hydrogen) atoms. The van der Waals surface area contributed by atoms with Gasteiger partial charge in [0.1, 0.15) is 5.56 Å². The quantitative estimate of drug-likeness (QED) is 0.665. The predicted octanol–water partition coefficient (Wildman–Crippen LogP) is 1.03. The molecule has 0 atom stereocenters. The summed E-state index contributed by atoms with van der Waals surface area (Å²) < 4.78 is 0. The molecule has 0 fully saturated rings. The third kappa shape index (κ3) is 1.63. The van der Waals surface area contributed by atoms with E-state index in [1.165, 1.54) is 0 Å². The van der Waals surface area contributed by atoms with Crippen molar-refractivity contribution in [3.63, 3.8) is 0 Å². The van der Waals surface area contributed by atoms with Gasteiger partial charge in [-0.2, -0.15) is 4.98 Å². The Morgan fingerprint density at radius 2 is 2.06 bits per heavy atom. The predicted molar refractivity (Wildman–Crippen MR) is 61.1 cm³/mol. The van der Waals surface area contributed by atoms with E-state index in [0.717, 1.165) is 5.56 Å². The van der Waals surface area contributed by atoms with E-state index in [2.05, 4.69) is 9.97 Å². The van der Waals surface area contributed by atoms with Gasteiger partial charge in [-0.15, -0.1) is 0 Å². The van der Waals surface area contributed by atoms with Crippen molar-refractivity contribution in [1.82, 2.24) is 9.97 Å². The van der Waals surface area contributed by atoms with Crippen LogP contribution in [0, 0.1) is 6.92 Å². The maximum atomic E-state index is 11.7. The fourth-order valence-corrected chi connectivity index (χ4v) is 1.57. The van der Waals surface area contributed by atoms with Gasteiger partial charge in [-0.1, -0.05) is 24.3 Å². The third-order valence-electron chi connectivity index (χ3n) is 2.33. The summed E-state index contributed by atoms with van der Waals surface area (Å²) in [6.07, 6.45) is 0. The minimum atomic E-state index is -0.445. The van der Waals surface area contributed by atoms with Crippen molar-refractivity contribution in [2.45, 2.75) is 6.92 Å². The zero-order chi connectivity index (χ0) is 11.7. The van der Waals surface area contributed by atoms with Crippen LogP contribution in [0.15, 0.2) is 29.1 Å². The number of nitrogen functional groups attached to an aromatic ring is 1. The van der Waals surface area contributed by atoms with Crippen LogP contribution in [0.5, 0.6) is 5.88 Å². The molecule has 2 rings (SSSR count). The molecule has 2 aromatic rings. The SMILES string of the molecule is Cc1ccccc1-c1c(O)nc(N)[nH]c1=O. The summed E-state index contributed by atoms with van der Waals surface area (Å²) in [5.41, 5.74) is 6.55. The van der Waals surface area contributed by atoms with Crippen LogP contribution in [0.2, 0.25) is 0 Å². The molecule has 0 amide bonds. The summed E-state index contributed by atoms with van der Waals surface area (Å²) in [6.45, 7) is 1.85. The molecule has 0 aliphatic heterocycles. The van der Waals surface area contributed by atoms with Crippen molar-refractivity contribution >= 4 is 5.95 Å². The van der Waals surface area contributed by atoms with Crippen LogP contribution in [0.4, 0.5) is 5.95 Å². The van der Waals surface area contributed by atoms with Gasteiger partial charge in [0.2, 0.25) is 11.8 Å². The molecule has 1 aromatic heterocycles. The van der Waals surface area contributed by atoms with Crippen molar-refractivity contribution in [3.05, 3.63) is 40.2 Å². The first-order valence-electron chi connectivity index (χ1n) is 4.74. The summed E-state index contributed by atoms with van der Waals surface area (Å²) in [4.78, 5) is 17.7. The fraction of sp³-hybridized carbons (Fsp3) is 0.0909. The van der Waals surface area contributed by atoms with Crippen LogP contribution in [-0.2, 0) is 0 Å². The first kappa shape index (κ1) is 10.2. The van der Waals surface area contributed by atoms with Crippen molar-refractivity contribution in [1.29, 1.82) is 0 Å². The largest absolute Gasteiger partial charge is 0.493 e. The first-order valence-corrected chi connectivity index (χ1v) is 4.74. The van der Waals surface area contributed by atoms with Gasteiger partial charge in [0.15, 0.2) is 0 Å². The lowest BCUT2D eigenvalue weighted by atomic mass is 10.0. The van der Waals surface area contributed by atoms with E-state index in [1.807, 2.05) is 19.1 Å². The van der Waals surface area contributed by atoms with Gasteiger partial charge < -0.3 is 10.8 Å². The molecule has 0 aliphatic carbocycles. The number of nitrogens with two attached hydrogens (primary N) is 1. The maximum absolute atomic E-state index is 11.7. The molecule has 0 unspecified atom stereocenters. The Kier molecular flexibility index (Phi) is 2.36. The first-order chi connectivity index (χ1) is 7.59. The molecule has 0 spiro atoms. The molecule has 5 nitrogen and oxygen atoms in total. The van der Waals surface area contributed by atoms with Crippen LogP contribution in [0.3, 0.4) is 0 Å². The Morgan fingerprint density at radius 3 is 2.69 bits per heavy atom. The van der Waals surface area contributed by atoms with Gasteiger partial charge >= 0.3 is 0 Å². The highest BCUT2D eigenvalue weighted by atomic mass is 16.3. The normalized spacial score (nSPS) is 10.3. The van der Waals surface area contributed by atoms with Gasteiger partial charge in [0.25, 0.3) is 5.56 Å². The minimum absolute atomic E-state index is 0.0974. The van der Waals surface area contributed by atoms with E-state index < -0.39 is 5.56 Å². The number of anilines is 1. The number of H-pyrrole nitrogens is 1.